The van der Waals surface area contributed by atoms with Gasteiger partial charge in [-0.05, 0) is 69.1 Å². The van der Waals surface area contributed by atoms with E-state index in [2.05, 4.69) is 21.8 Å². The summed E-state index contributed by atoms with van der Waals surface area (Å²) in [4.78, 5) is 22.4. The fourth-order valence-electron chi connectivity index (χ4n) is 5.13. The summed E-state index contributed by atoms with van der Waals surface area (Å²) in [6.07, 6.45) is 4.31. The van der Waals surface area contributed by atoms with E-state index in [1.807, 2.05) is 59.3 Å². The van der Waals surface area contributed by atoms with Crippen LogP contribution in [0.15, 0.2) is 60.9 Å². The number of nitrogens with zero attached hydrogens (tertiary/aromatic N) is 5. The second-order valence-corrected chi connectivity index (χ2v) is 9.89. The predicted molar refractivity (Wildman–Crippen MR) is 147 cm³/mol. The minimum Gasteiger partial charge on any atom is -0.457 e. The minimum atomic E-state index is -0.323. The van der Waals surface area contributed by atoms with Crippen molar-refractivity contribution in [3.63, 3.8) is 0 Å². The highest BCUT2D eigenvalue weighted by molar-refractivity contribution is 5.98. The molecule has 2 unspecified atom stereocenters. The first-order valence-electron chi connectivity index (χ1n) is 13.0. The lowest BCUT2D eigenvalue weighted by molar-refractivity contribution is -0.118. The van der Waals surface area contributed by atoms with E-state index in [-0.39, 0.29) is 24.0 Å². The molecule has 0 bridgehead atoms. The van der Waals surface area contributed by atoms with Gasteiger partial charge in [-0.15, -0.1) is 0 Å². The first kappa shape index (κ1) is 25.6. The van der Waals surface area contributed by atoms with E-state index in [0.717, 1.165) is 59.7 Å². The molecule has 1 fully saturated rings. The van der Waals surface area contributed by atoms with Gasteiger partial charge in [0.05, 0.1) is 11.4 Å². The average Bonchev–Trinajstić information content (AvgIpc) is 3.33. The summed E-state index contributed by atoms with van der Waals surface area (Å²) in [5, 5.41) is 5.77. The average molecular weight is 515 g/mol. The van der Waals surface area contributed by atoms with Gasteiger partial charge in [-0.25, -0.2) is 14.6 Å². The third-order valence-electron chi connectivity index (χ3n) is 7.32. The molecule has 0 saturated carbocycles. The zero-order valence-corrected chi connectivity index (χ0v) is 21.5. The summed E-state index contributed by atoms with van der Waals surface area (Å²) in [5.74, 6) is 1.59. The molecular formula is C28H34N8O2. The van der Waals surface area contributed by atoms with Crippen LogP contribution >= 0.6 is 0 Å². The van der Waals surface area contributed by atoms with Crippen LogP contribution in [-0.2, 0) is 4.79 Å². The molecule has 0 aliphatic carbocycles. The van der Waals surface area contributed by atoms with Crippen LogP contribution < -0.4 is 21.9 Å². The number of hydrogen-bond donors (Lipinski definition) is 3. The van der Waals surface area contributed by atoms with E-state index >= 15 is 0 Å². The van der Waals surface area contributed by atoms with Crippen molar-refractivity contribution >= 4 is 22.8 Å². The largest absolute Gasteiger partial charge is 0.457 e. The summed E-state index contributed by atoms with van der Waals surface area (Å²) in [7, 11) is 0. The Morgan fingerprint density at radius 2 is 1.84 bits per heavy atom. The highest BCUT2D eigenvalue weighted by Crippen LogP contribution is 2.35. The number of aromatic nitrogens is 4. The van der Waals surface area contributed by atoms with Crippen LogP contribution in [0.25, 0.3) is 22.3 Å². The highest BCUT2D eigenvalue weighted by Gasteiger charge is 2.30. The molecule has 1 amide bonds. The summed E-state index contributed by atoms with van der Waals surface area (Å²) in [6.45, 7) is 3.82. The van der Waals surface area contributed by atoms with Gasteiger partial charge in [-0.1, -0.05) is 18.2 Å². The van der Waals surface area contributed by atoms with E-state index in [1.165, 1.54) is 6.33 Å². The van der Waals surface area contributed by atoms with Gasteiger partial charge in [0.1, 0.15) is 29.3 Å². The number of nitrogen functional groups attached to an aromatic ring is 1. The van der Waals surface area contributed by atoms with Crippen molar-refractivity contribution in [1.82, 2.24) is 24.6 Å². The summed E-state index contributed by atoms with van der Waals surface area (Å²) >= 11 is 0. The number of amides is 1. The number of benzene rings is 2. The van der Waals surface area contributed by atoms with E-state index < -0.39 is 0 Å². The van der Waals surface area contributed by atoms with Gasteiger partial charge in [0.25, 0.3) is 0 Å². The van der Waals surface area contributed by atoms with Crippen molar-refractivity contribution in [2.75, 3.05) is 18.8 Å². The Bertz CT molecular complexity index is 1390. The maximum atomic E-state index is 11.2. The summed E-state index contributed by atoms with van der Waals surface area (Å²) < 4.78 is 7.94. The fraction of sp³-hybridized carbons (Fsp3) is 0.357. The van der Waals surface area contributed by atoms with Gasteiger partial charge in [0.15, 0.2) is 5.65 Å². The smallest absolute Gasteiger partial charge is 0.217 e. The number of nitrogens with two attached hydrogens (primary N) is 3. The number of piperidine rings is 1. The number of carbonyl (C=O) groups is 1. The Balaban J connectivity index is 1.41. The van der Waals surface area contributed by atoms with Gasteiger partial charge in [-0.3, -0.25) is 9.69 Å². The van der Waals surface area contributed by atoms with Crippen LogP contribution in [0.3, 0.4) is 0 Å². The molecule has 38 heavy (non-hydrogen) atoms. The lowest BCUT2D eigenvalue weighted by atomic mass is 9.98. The Labute approximate surface area is 221 Å². The quantitative estimate of drug-likeness (QED) is 0.307. The fourth-order valence-corrected chi connectivity index (χ4v) is 5.13. The van der Waals surface area contributed by atoms with Crippen molar-refractivity contribution in [3.8, 4) is 22.8 Å². The van der Waals surface area contributed by atoms with Crippen LogP contribution in [0.5, 0.6) is 11.5 Å². The summed E-state index contributed by atoms with van der Waals surface area (Å²) in [5.41, 5.74) is 20.5. The van der Waals surface area contributed by atoms with Crippen molar-refractivity contribution in [3.05, 3.63) is 60.9 Å². The maximum absolute atomic E-state index is 11.2. The number of fused-ring (bicyclic) bond motifs is 1. The Morgan fingerprint density at radius 1 is 1.11 bits per heavy atom. The maximum Gasteiger partial charge on any atom is 0.217 e. The lowest BCUT2D eigenvalue weighted by Gasteiger charge is -2.39. The molecule has 0 radical (unpaired) electrons. The second kappa shape index (κ2) is 11.2. The zero-order valence-electron chi connectivity index (χ0n) is 21.5. The Kier molecular flexibility index (Phi) is 7.52. The van der Waals surface area contributed by atoms with Gasteiger partial charge >= 0.3 is 0 Å². The predicted octanol–water partition coefficient (Wildman–Crippen LogP) is 3.49. The van der Waals surface area contributed by atoms with Crippen molar-refractivity contribution in [1.29, 1.82) is 0 Å². The molecule has 1 aliphatic rings. The van der Waals surface area contributed by atoms with Gasteiger partial charge in [0.2, 0.25) is 5.91 Å². The van der Waals surface area contributed by atoms with Crippen LogP contribution in [0.2, 0.25) is 0 Å². The van der Waals surface area contributed by atoms with Gasteiger partial charge in [-0.2, -0.15) is 5.10 Å². The number of primary amides is 1. The standard InChI is InChI=1S/C28H34N8O2/c1-18(23(29)13-14-24(30)37)35-15-5-6-20(16-35)36-28-25(27(31)32-17-33-28)26(34-36)19-9-11-22(12-10-19)38-21-7-3-2-4-8-21/h2-4,7-12,17-18,20,23H,5-6,13-16,29H2,1H3,(H2,30,37)(H2,31,32,33)/t18?,20-,23?/m1/s1. The first-order valence-corrected chi connectivity index (χ1v) is 13.0. The zero-order chi connectivity index (χ0) is 26.6. The summed E-state index contributed by atoms with van der Waals surface area (Å²) in [6, 6.07) is 17.5. The molecule has 3 heterocycles. The number of rotatable bonds is 9. The molecule has 2 aromatic heterocycles. The van der Waals surface area contributed by atoms with E-state index in [1.54, 1.807) is 0 Å². The van der Waals surface area contributed by atoms with Crippen LogP contribution in [0.1, 0.15) is 38.6 Å². The second-order valence-electron chi connectivity index (χ2n) is 9.89. The molecule has 10 heteroatoms. The van der Waals surface area contributed by atoms with Crippen molar-refractivity contribution in [2.24, 2.45) is 11.5 Å². The molecule has 6 N–H and O–H groups in total. The Morgan fingerprint density at radius 3 is 2.58 bits per heavy atom. The number of para-hydroxylation sites is 1. The van der Waals surface area contributed by atoms with Crippen LogP contribution in [0.4, 0.5) is 5.82 Å². The topological polar surface area (TPSA) is 151 Å². The van der Waals surface area contributed by atoms with E-state index in [4.69, 9.17) is 27.0 Å². The first-order chi connectivity index (χ1) is 18.4. The minimum absolute atomic E-state index is 0.0979. The van der Waals surface area contributed by atoms with Crippen molar-refractivity contribution < 1.29 is 9.53 Å². The number of carbonyl (C=O) groups excluding carboxylic acids is 1. The highest BCUT2D eigenvalue weighted by atomic mass is 16.5. The third kappa shape index (κ3) is 5.46. The molecule has 5 rings (SSSR count). The van der Waals surface area contributed by atoms with Gasteiger partial charge in [0, 0.05) is 30.6 Å². The normalized spacial score (nSPS) is 17.8. The van der Waals surface area contributed by atoms with Crippen LogP contribution in [-0.4, -0.2) is 55.7 Å². The molecule has 198 valence electrons. The van der Waals surface area contributed by atoms with E-state index in [0.29, 0.717) is 18.7 Å². The molecule has 2 aromatic carbocycles. The van der Waals surface area contributed by atoms with Gasteiger partial charge < -0.3 is 21.9 Å². The lowest BCUT2D eigenvalue weighted by Crippen LogP contribution is -2.50. The monoisotopic (exact) mass is 514 g/mol. The molecular weight excluding hydrogens is 480 g/mol. The van der Waals surface area contributed by atoms with Crippen LogP contribution in [0, 0.1) is 0 Å². The Hall–Kier alpha value is -4.02. The molecule has 1 aliphatic heterocycles. The number of likely N-dealkylation sites (tertiary alicyclic amines) is 1. The van der Waals surface area contributed by atoms with Crippen molar-refractivity contribution in [2.45, 2.75) is 50.7 Å². The molecule has 3 atom stereocenters. The molecule has 4 aromatic rings. The molecule has 1 saturated heterocycles. The third-order valence-corrected chi connectivity index (χ3v) is 7.32. The molecule has 0 spiro atoms. The number of hydrogen-bond acceptors (Lipinski definition) is 8. The number of anilines is 1. The SMILES string of the molecule is CC(C(N)CCC(N)=O)N1CCC[C@@H](n2nc(-c3ccc(Oc4ccccc4)cc3)c3c(N)ncnc32)C1. The number of ether oxygens (including phenoxy) is 1. The molecule has 10 nitrogen and oxygen atoms in total. The van der Waals surface area contributed by atoms with E-state index in [9.17, 15) is 4.79 Å².